The van der Waals surface area contributed by atoms with Gasteiger partial charge in [0.05, 0.1) is 0 Å². The largest absolute Gasteiger partial charge is 0.126 e. The summed E-state index contributed by atoms with van der Waals surface area (Å²) in [6, 6.07) is 0. The minimum absolute atomic E-state index is 0.702. The molecule has 4 atom stereocenters. The molecule has 0 aromatic carbocycles. The maximum absolute atomic E-state index is 6.12. The summed E-state index contributed by atoms with van der Waals surface area (Å²) in [5.74, 6) is 4.95. The van der Waals surface area contributed by atoms with Crippen LogP contribution in [0.15, 0.2) is 0 Å². The van der Waals surface area contributed by atoms with Crippen molar-refractivity contribution in [1.29, 1.82) is 0 Å². The van der Waals surface area contributed by atoms with Crippen molar-refractivity contribution >= 4 is 23.2 Å². The fourth-order valence-electron chi connectivity index (χ4n) is 3.58. The van der Waals surface area contributed by atoms with Gasteiger partial charge in [-0.25, -0.2) is 0 Å². The van der Waals surface area contributed by atoms with Crippen LogP contribution in [-0.4, -0.2) is 11.8 Å². The molecular formula is C12H20Cl2. The van der Waals surface area contributed by atoms with E-state index >= 15 is 0 Å². The highest BCUT2D eigenvalue weighted by Crippen LogP contribution is 2.46. The lowest BCUT2D eigenvalue weighted by Gasteiger charge is -2.44. The average molecular weight is 235 g/mol. The summed E-state index contributed by atoms with van der Waals surface area (Å²) in [6.07, 6.45) is 8.46. The normalized spacial score (nSPS) is 43.3. The molecule has 2 rings (SSSR count). The third-order valence-corrected chi connectivity index (χ3v) is 5.16. The van der Waals surface area contributed by atoms with Gasteiger partial charge < -0.3 is 0 Å². The number of hydrogen-bond acceptors (Lipinski definition) is 0. The summed E-state index contributed by atoms with van der Waals surface area (Å²) < 4.78 is 0. The molecule has 82 valence electrons. The Morgan fingerprint density at radius 3 is 2.36 bits per heavy atom. The quantitative estimate of drug-likeness (QED) is 0.626. The Balaban J connectivity index is 2.04. The predicted octanol–water partition coefficient (Wildman–Crippen LogP) is 4.30. The van der Waals surface area contributed by atoms with Crippen LogP contribution in [0.1, 0.15) is 38.5 Å². The molecule has 2 heteroatoms. The van der Waals surface area contributed by atoms with Crippen LogP contribution in [0.3, 0.4) is 0 Å². The van der Waals surface area contributed by atoms with E-state index < -0.39 is 0 Å². The third kappa shape index (κ3) is 2.07. The molecule has 0 N–H and O–H groups in total. The van der Waals surface area contributed by atoms with Gasteiger partial charge in [0, 0.05) is 11.8 Å². The van der Waals surface area contributed by atoms with Gasteiger partial charge in [0.1, 0.15) is 0 Å². The summed E-state index contributed by atoms with van der Waals surface area (Å²) in [7, 11) is 0. The summed E-state index contributed by atoms with van der Waals surface area (Å²) in [5.41, 5.74) is 0. The second-order valence-corrected chi connectivity index (χ2v) is 5.64. The van der Waals surface area contributed by atoms with E-state index in [0.717, 1.165) is 23.6 Å². The van der Waals surface area contributed by atoms with Crippen LogP contribution in [0.5, 0.6) is 0 Å². The fourth-order valence-corrected chi connectivity index (χ4v) is 4.45. The van der Waals surface area contributed by atoms with Crippen LogP contribution >= 0.6 is 23.2 Å². The van der Waals surface area contributed by atoms with E-state index in [0.29, 0.717) is 11.8 Å². The molecule has 0 saturated heterocycles. The van der Waals surface area contributed by atoms with Gasteiger partial charge in [-0.1, -0.05) is 19.3 Å². The molecule has 0 bridgehead atoms. The van der Waals surface area contributed by atoms with Crippen molar-refractivity contribution in [2.45, 2.75) is 38.5 Å². The van der Waals surface area contributed by atoms with Gasteiger partial charge >= 0.3 is 0 Å². The zero-order valence-electron chi connectivity index (χ0n) is 8.72. The van der Waals surface area contributed by atoms with E-state index in [1.165, 1.54) is 38.5 Å². The van der Waals surface area contributed by atoms with Crippen molar-refractivity contribution in [3.63, 3.8) is 0 Å². The molecule has 0 heterocycles. The van der Waals surface area contributed by atoms with Crippen molar-refractivity contribution in [3.05, 3.63) is 0 Å². The Bertz CT molecular complexity index is 175. The fraction of sp³-hybridized carbons (Fsp3) is 1.00. The number of hydrogen-bond donors (Lipinski definition) is 0. The lowest BCUT2D eigenvalue weighted by Crippen LogP contribution is -2.38. The van der Waals surface area contributed by atoms with Gasteiger partial charge in [-0.3, -0.25) is 0 Å². The van der Waals surface area contributed by atoms with Crippen LogP contribution < -0.4 is 0 Å². The van der Waals surface area contributed by atoms with Crippen LogP contribution in [0, 0.1) is 23.7 Å². The van der Waals surface area contributed by atoms with Crippen molar-refractivity contribution in [1.82, 2.24) is 0 Å². The predicted molar refractivity (Wildman–Crippen MR) is 63.1 cm³/mol. The molecule has 0 amide bonds. The number of fused-ring (bicyclic) bond motifs is 1. The summed E-state index contributed by atoms with van der Waals surface area (Å²) >= 11 is 12.1. The SMILES string of the molecule is ClCC1CCC2CCCCC2C1CCl. The minimum Gasteiger partial charge on any atom is -0.126 e. The zero-order valence-corrected chi connectivity index (χ0v) is 10.2. The van der Waals surface area contributed by atoms with Crippen molar-refractivity contribution in [2.24, 2.45) is 23.7 Å². The van der Waals surface area contributed by atoms with Crippen LogP contribution in [0.2, 0.25) is 0 Å². The Morgan fingerprint density at radius 2 is 1.64 bits per heavy atom. The second kappa shape index (κ2) is 5.07. The molecule has 0 nitrogen and oxygen atoms in total. The van der Waals surface area contributed by atoms with Gasteiger partial charge in [0.25, 0.3) is 0 Å². The van der Waals surface area contributed by atoms with Gasteiger partial charge in [0.2, 0.25) is 0 Å². The first kappa shape index (κ1) is 11.1. The third-order valence-electron chi connectivity index (χ3n) is 4.41. The molecule has 2 saturated carbocycles. The number of halogens is 2. The van der Waals surface area contributed by atoms with Crippen molar-refractivity contribution < 1.29 is 0 Å². The maximum Gasteiger partial charge on any atom is 0.0257 e. The summed E-state index contributed by atoms with van der Waals surface area (Å²) in [6.45, 7) is 0. The molecule has 2 aliphatic rings. The highest BCUT2D eigenvalue weighted by molar-refractivity contribution is 6.19. The molecule has 4 unspecified atom stereocenters. The highest BCUT2D eigenvalue weighted by Gasteiger charge is 2.39. The zero-order chi connectivity index (χ0) is 9.97. The van der Waals surface area contributed by atoms with E-state index in [4.69, 9.17) is 23.2 Å². The first-order valence-electron chi connectivity index (χ1n) is 5.98. The average Bonchev–Trinajstić information content (AvgIpc) is 2.27. The summed E-state index contributed by atoms with van der Waals surface area (Å²) in [4.78, 5) is 0. The van der Waals surface area contributed by atoms with Gasteiger partial charge in [-0.2, -0.15) is 0 Å². The molecule has 0 aromatic heterocycles. The lowest BCUT2D eigenvalue weighted by atomic mass is 9.62. The van der Waals surface area contributed by atoms with E-state index in [1.54, 1.807) is 0 Å². The molecule has 14 heavy (non-hydrogen) atoms. The molecular weight excluding hydrogens is 215 g/mol. The number of rotatable bonds is 2. The standard InChI is InChI=1S/C12H20Cl2/c13-7-10-6-5-9-3-1-2-4-11(9)12(10)8-14/h9-12H,1-8H2. The maximum atomic E-state index is 6.12. The second-order valence-electron chi connectivity index (χ2n) is 5.02. The Hall–Kier alpha value is 0.580. The molecule has 0 radical (unpaired) electrons. The first-order valence-corrected chi connectivity index (χ1v) is 7.05. The smallest absolute Gasteiger partial charge is 0.0257 e. The van der Waals surface area contributed by atoms with E-state index in [-0.39, 0.29) is 0 Å². The molecule has 0 aromatic rings. The molecule has 0 aliphatic heterocycles. The first-order chi connectivity index (χ1) is 6.86. The van der Waals surface area contributed by atoms with Crippen LogP contribution in [0.25, 0.3) is 0 Å². The summed E-state index contributed by atoms with van der Waals surface area (Å²) in [5, 5.41) is 0. The highest BCUT2D eigenvalue weighted by atomic mass is 35.5. The Morgan fingerprint density at radius 1 is 0.857 bits per heavy atom. The van der Waals surface area contributed by atoms with Gasteiger partial charge in [-0.05, 0) is 42.9 Å². The van der Waals surface area contributed by atoms with Gasteiger partial charge in [-0.15, -0.1) is 23.2 Å². The number of alkyl halides is 2. The van der Waals surface area contributed by atoms with Crippen molar-refractivity contribution in [3.8, 4) is 0 Å². The molecule has 2 fully saturated rings. The Labute approximate surface area is 97.3 Å². The van der Waals surface area contributed by atoms with Crippen LogP contribution in [-0.2, 0) is 0 Å². The van der Waals surface area contributed by atoms with Crippen molar-refractivity contribution in [2.75, 3.05) is 11.8 Å². The Kier molecular flexibility index (Phi) is 4.01. The van der Waals surface area contributed by atoms with E-state index in [9.17, 15) is 0 Å². The minimum atomic E-state index is 0.702. The lowest BCUT2D eigenvalue weighted by molar-refractivity contribution is 0.0769. The van der Waals surface area contributed by atoms with Gasteiger partial charge in [0.15, 0.2) is 0 Å². The van der Waals surface area contributed by atoms with E-state index in [1.807, 2.05) is 0 Å². The van der Waals surface area contributed by atoms with Crippen LogP contribution in [0.4, 0.5) is 0 Å². The topological polar surface area (TPSA) is 0 Å². The monoisotopic (exact) mass is 234 g/mol. The molecule has 2 aliphatic carbocycles. The van der Waals surface area contributed by atoms with E-state index in [2.05, 4.69) is 0 Å². The molecule has 0 spiro atoms.